The number of hydrogen-bond donors (Lipinski definition) is 1. The molecule has 0 bridgehead atoms. The first kappa shape index (κ1) is 19.2. The molecule has 8 heteroatoms. The molecule has 1 aromatic rings. The molecule has 0 aromatic heterocycles. The Morgan fingerprint density at radius 3 is 1.94 bits per heavy atom. The predicted octanol–water partition coefficient (Wildman–Crippen LogP) is -2.30. The minimum Gasteiger partial charge on any atom is -0.367 e. The quantitative estimate of drug-likeness (QED) is 0.275. The van der Waals surface area contributed by atoms with Crippen molar-refractivity contribution in [2.24, 2.45) is 0 Å². The smallest absolute Gasteiger partial charge is 0.367 e. The van der Waals surface area contributed by atoms with E-state index in [1.54, 1.807) is 6.07 Å². The van der Waals surface area contributed by atoms with Gasteiger partial charge in [0.2, 0.25) is 0 Å². The van der Waals surface area contributed by atoms with Crippen molar-refractivity contribution in [1.29, 1.82) is 0 Å². The van der Waals surface area contributed by atoms with Gasteiger partial charge in [0.1, 0.15) is 0 Å². The van der Waals surface area contributed by atoms with Crippen molar-refractivity contribution in [2.75, 3.05) is 0 Å². The summed E-state index contributed by atoms with van der Waals surface area (Å²) >= 11 is 0. The van der Waals surface area contributed by atoms with Gasteiger partial charge in [0.25, 0.3) is 0 Å². The van der Waals surface area contributed by atoms with Gasteiger partial charge in [-0.3, -0.25) is 0 Å². The second-order valence-corrected chi connectivity index (χ2v) is 3.87. The molecule has 0 aliphatic heterocycles. The van der Waals surface area contributed by atoms with E-state index in [2.05, 4.69) is 24.8 Å². The summed E-state index contributed by atoms with van der Waals surface area (Å²) in [4.78, 5) is 3.99. The molecule has 0 amide bonds. The zero-order valence-electron chi connectivity index (χ0n) is 8.98. The maximum atomic E-state index is 8.49. The average Bonchev–Trinajstić information content (AvgIpc) is 2.15. The fourth-order valence-corrected chi connectivity index (χ4v) is 0.838. The van der Waals surface area contributed by atoms with E-state index in [1.165, 1.54) is 5.56 Å². The molecule has 0 atom stereocenters. The Balaban J connectivity index is 0. The van der Waals surface area contributed by atoms with Crippen LogP contribution in [0.15, 0.2) is 18.2 Å². The van der Waals surface area contributed by atoms with Crippen LogP contribution in [0.2, 0.25) is 0 Å². The molecule has 0 aliphatic carbocycles. The van der Waals surface area contributed by atoms with Gasteiger partial charge >= 0.3 is 22.4 Å². The normalized spacial score (nSPS) is 10.1. The van der Waals surface area contributed by atoms with Crippen LogP contribution in [0.25, 0.3) is 0 Å². The van der Waals surface area contributed by atoms with Gasteiger partial charge < -0.3 is 4.89 Å². The topological polar surface area (TPSA) is 122 Å². The Kier molecular flexibility index (Phi) is 10.0. The Bertz CT molecular complexity index is 291. The van der Waals surface area contributed by atoms with Gasteiger partial charge in [0.15, 0.2) is 0 Å². The molecule has 0 heterocycles. The summed E-state index contributed by atoms with van der Waals surface area (Å²) in [6.07, 6.45) is 0. The summed E-state index contributed by atoms with van der Waals surface area (Å²) < 4.78 is 34.0. The van der Waals surface area contributed by atoms with E-state index in [9.17, 15) is 0 Å². The molecule has 0 saturated carbocycles. The third kappa shape index (κ3) is 12.1. The fourth-order valence-electron chi connectivity index (χ4n) is 0.838. The molecule has 0 radical (unpaired) electrons. The molecule has 1 aromatic carbocycles. The summed E-state index contributed by atoms with van der Waals surface area (Å²) in [5.41, 5.74) is 1.19. The molecule has 0 saturated heterocycles. The molecule has 0 fully saturated rings. The monoisotopic (exact) mass is 357 g/mol. The van der Waals surface area contributed by atoms with Crippen molar-refractivity contribution < 1.29 is 61.4 Å². The van der Waals surface area contributed by atoms with E-state index >= 15 is 0 Å². The Hall–Kier alpha value is -0.150. The first-order valence-electron chi connectivity index (χ1n) is 4.19. The van der Waals surface area contributed by atoms with E-state index in [0.29, 0.717) is 11.7 Å². The molecule has 17 heavy (non-hydrogen) atoms. The van der Waals surface area contributed by atoms with E-state index in [4.69, 9.17) is 23.9 Å². The Morgan fingerprint density at radius 1 is 1.24 bits per heavy atom. The molecule has 0 unspecified atom stereocenters. The van der Waals surface area contributed by atoms with Crippen LogP contribution in [0, 0.1) is 16.3 Å². The molecule has 1 N–H and O–H groups in total. The van der Waals surface area contributed by atoms with Crippen LogP contribution in [0.3, 0.4) is 0 Å². The van der Waals surface area contributed by atoms with Crippen LogP contribution in [0.5, 0.6) is 5.75 Å². The van der Waals surface area contributed by atoms with Gasteiger partial charge in [0.05, 0.1) is 5.75 Å². The third-order valence-electron chi connectivity index (χ3n) is 1.57. The molecule has 102 valence electrons. The number of halogens is 1. The predicted molar refractivity (Wildman–Crippen MR) is 42.6 cm³/mol. The SMILES string of the molecule is CC(C)c1c[c-]c(OO)cc1.[Ag+].[O-][Cl+3]([O-])([O-])[O-]. The van der Waals surface area contributed by atoms with Crippen LogP contribution in [0.4, 0.5) is 0 Å². The second kappa shape index (κ2) is 8.87. The van der Waals surface area contributed by atoms with Crippen molar-refractivity contribution >= 4 is 0 Å². The van der Waals surface area contributed by atoms with Crippen molar-refractivity contribution in [3.05, 3.63) is 29.8 Å². The van der Waals surface area contributed by atoms with Gasteiger partial charge in [-0.1, -0.05) is 19.8 Å². The fraction of sp³-hybridized carbons (Fsp3) is 0.333. The van der Waals surface area contributed by atoms with Gasteiger partial charge in [-0.15, -0.1) is 22.4 Å². The van der Waals surface area contributed by atoms with Crippen LogP contribution >= 0.6 is 0 Å². The first-order chi connectivity index (χ1) is 7.24. The summed E-state index contributed by atoms with van der Waals surface area (Å²) in [6, 6.07) is 8.21. The molecule has 0 aliphatic rings. The molecule has 6 nitrogen and oxygen atoms in total. The molecular weight excluding hydrogens is 347 g/mol. The molecule has 0 spiro atoms. The number of hydrogen-bond acceptors (Lipinski definition) is 6. The summed E-state index contributed by atoms with van der Waals surface area (Å²) in [6.45, 7) is 4.20. The second-order valence-electron chi connectivity index (χ2n) is 3.11. The van der Waals surface area contributed by atoms with Crippen molar-refractivity contribution in [2.45, 2.75) is 19.8 Å². The zero-order valence-corrected chi connectivity index (χ0v) is 11.2. The van der Waals surface area contributed by atoms with Crippen LogP contribution in [0.1, 0.15) is 25.3 Å². The van der Waals surface area contributed by atoms with Crippen molar-refractivity contribution in [3.63, 3.8) is 0 Å². The number of rotatable bonds is 2. The third-order valence-corrected chi connectivity index (χ3v) is 1.57. The largest absolute Gasteiger partial charge is 1.00 e. The van der Waals surface area contributed by atoms with Gasteiger partial charge in [-0.05, 0) is 0 Å². The minimum atomic E-state index is -4.94. The van der Waals surface area contributed by atoms with E-state index < -0.39 is 10.2 Å². The maximum absolute atomic E-state index is 8.49. The first-order valence-corrected chi connectivity index (χ1v) is 5.42. The minimum absolute atomic E-state index is 0. The van der Waals surface area contributed by atoms with Crippen LogP contribution in [-0.4, -0.2) is 5.26 Å². The number of benzene rings is 1. The molecule has 1 rings (SSSR count). The van der Waals surface area contributed by atoms with Gasteiger partial charge in [0, 0.05) is 0 Å². The Morgan fingerprint density at radius 2 is 1.71 bits per heavy atom. The molecular formula is C9H11AgClO6-. The van der Waals surface area contributed by atoms with E-state index in [-0.39, 0.29) is 22.4 Å². The van der Waals surface area contributed by atoms with Crippen LogP contribution < -0.4 is 23.5 Å². The summed E-state index contributed by atoms with van der Waals surface area (Å²) in [5.74, 6) is 0.841. The van der Waals surface area contributed by atoms with E-state index in [0.717, 1.165) is 0 Å². The van der Waals surface area contributed by atoms with Crippen molar-refractivity contribution in [3.8, 4) is 5.75 Å². The van der Waals surface area contributed by atoms with Crippen molar-refractivity contribution in [1.82, 2.24) is 0 Å². The van der Waals surface area contributed by atoms with Gasteiger partial charge in [-0.2, -0.15) is 17.7 Å². The van der Waals surface area contributed by atoms with Gasteiger partial charge in [-0.25, -0.2) is 23.9 Å². The summed E-state index contributed by atoms with van der Waals surface area (Å²) in [5, 5.41) is 8.24. The summed E-state index contributed by atoms with van der Waals surface area (Å²) in [7, 11) is -4.94. The average molecular weight is 359 g/mol. The Labute approximate surface area is 117 Å². The maximum Gasteiger partial charge on any atom is 1.00 e. The van der Waals surface area contributed by atoms with Crippen LogP contribution in [-0.2, 0) is 22.4 Å². The standard InChI is InChI=1S/C9H11O2.Ag.ClHO4/c1-7(2)8-3-5-9(11-10)6-4-8;;2-1(3,4)5/h3-5,7,10H,1-2H3;;(H,2,3,4,5)/q-1;+1;/p-1. The zero-order chi connectivity index (χ0) is 12.8. The van der Waals surface area contributed by atoms with E-state index in [1.807, 2.05) is 12.1 Å².